The predicted octanol–water partition coefficient (Wildman–Crippen LogP) is 3.04. The van der Waals surface area contributed by atoms with Crippen molar-refractivity contribution in [3.63, 3.8) is 0 Å². The summed E-state index contributed by atoms with van der Waals surface area (Å²) in [4.78, 5) is 25.7. The van der Waals surface area contributed by atoms with Crippen LogP contribution in [0.4, 0.5) is 4.39 Å². The summed E-state index contributed by atoms with van der Waals surface area (Å²) in [6.45, 7) is 0.0176. The molecule has 5 heteroatoms. The van der Waals surface area contributed by atoms with E-state index in [0.717, 1.165) is 0 Å². The van der Waals surface area contributed by atoms with E-state index >= 15 is 0 Å². The van der Waals surface area contributed by atoms with Crippen molar-refractivity contribution < 1.29 is 14.0 Å². The van der Waals surface area contributed by atoms with Gasteiger partial charge in [0, 0.05) is 10.0 Å². The van der Waals surface area contributed by atoms with E-state index in [-0.39, 0.29) is 30.2 Å². The van der Waals surface area contributed by atoms with Crippen LogP contribution < -0.4 is 0 Å². The highest BCUT2D eigenvalue weighted by atomic mass is 79.9. The lowest BCUT2D eigenvalue weighted by molar-refractivity contribution is -0.140. The molecule has 0 bridgehead atoms. The molecule has 1 fully saturated rings. The zero-order valence-corrected chi connectivity index (χ0v) is 12.3. The Morgan fingerprint density at radius 2 is 1.75 bits per heavy atom. The van der Waals surface area contributed by atoms with Crippen LogP contribution in [0.2, 0.25) is 0 Å². The van der Waals surface area contributed by atoms with Crippen molar-refractivity contribution in [3.05, 3.63) is 46.2 Å². The van der Waals surface area contributed by atoms with E-state index < -0.39 is 5.82 Å². The van der Waals surface area contributed by atoms with Crippen LogP contribution in [0.15, 0.2) is 34.8 Å². The van der Waals surface area contributed by atoms with Gasteiger partial charge < -0.3 is 0 Å². The van der Waals surface area contributed by atoms with Gasteiger partial charge in [-0.2, -0.15) is 0 Å². The Balaban J connectivity index is 1.84. The minimum absolute atomic E-state index is 0.0176. The van der Waals surface area contributed by atoms with Gasteiger partial charge in [-0.25, -0.2) is 4.39 Å². The van der Waals surface area contributed by atoms with Gasteiger partial charge in [0.1, 0.15) is 5.82 Å². The van der Waals surface area contributed by atoms with Gasteiger partial charge in [0.05, 0.1) is 18.4 Å². The van der Waals surface area contributed by atoms with Crippen molar-refractivity contribution in [3.8, 4) is 0 Å². The van der Waals surface area contributed by atoms with Gasteiger partial charge in [-0.15, -0.1) is 0 Å². The fraction of sp³-hybridized carbons (Fsp3) is 0.333. The summed E-state index contributed by atoms with van der Waals surface area (Å²) in [6, 6.07) is 4.65. The van der Waals surface area contributed by atoms with Crippen molar-refractivity contribution in [2.24, 2.45) is 11.8 Å². The molecular formula is C15H13BrFNO2. The van der Waals surface area contributed by atoms with E-state index in [1.807, 2.05) is 12.2 Å². The van der Waals surface area contributed by atoms with Gasteiger partial charge in [-0.05, 0) is 25.0 Å². The lowest BCUT2D eigenvalue weighted by atomic mass is 9.85. The summed E-state index contributed by atoms with van der Waals surface area (Å²) in [6.07, 6.45) is 5.09. The lowest BCUT2D eigenvalue weighted by Crippen LogP contribution is -2.30. The third kappa shape index (κ3) is 2.20. The molecular weight excluding hydrogens is 325 g/mol. The van der Waals surface area contributed by atoms with E-state index in [9.17, 15) is 14.0 Å². The normalized spacial score (nSPS) is 25.2. The molecule has 104 valence electrons. The van der Waals surface area contributed by atoms with Crippen molar-refractivity contribution in [1.29, 1.82) is 0 Å². The zero-order valence-electron chi connectivity index (χ0n) is 10.7. The Kier molecular flexibility index (Phi) is 3.46. The minimum Gasteiger partial charge on any atom is -0.277 e. The Morgan fingerprint density at radius 3 is 2.30 bits per heavy atom. The van der Waals surface area contributed by atoms with Crippen LogP contribution in [0.1, 0.15) is 18.4 Å². The fourth-order valence-electron chi connectivity index (χ4n) is 2.85. The summed E-state index contributed by atoms with van der Waals surface area (Å²) in [5.74, 6) is -1.27. The molecule has 2 aliphatic rings. The molecule has 0 spiro atoms. The standard InChI is InChI=1S/C15H13BrFNO2/c16-10-6-5-9(13(17)7-10)8-18-14(19)11-3-1-2-4-12(11)15(18)20/h1-2,5-7,11-12H,3-4,8H2/t11-,12-/m0/s1. The van der Waals surface area contributed by atoms with E-state index in [1.54, 1.807) is 12.1 Å². The molecule has 0 N–H and O–H groups in total. The first-order valence-electron chi connectivity index (χ1n) is 6.52. The Bertz CT molecular complexity index is 588. The first kappa shape index (κ1) is 13.5. The smallest absolute Gasteiger partial charge is 0.233 e. The Hall–Kier alpha value is -1.49. The van der Waals surface area contributed by atoms with Crippen LogP contribution in [0.25, 0.3) is 0 Å². The van der Waals surface area contributed by atoms with Gasteiger partial charge in [0.15, 0.2) is 0 Å². The van der Waals surface area contributed by atoms with Gasteiger partial charge >= 0.3 is 0 Å². The maximum atomic E-state index is 13.8. The number of allylic oxidation sites excluding steroid dienone is 2. The van der Waals surface area contributed by atoms with E-state index in [0.29, 0.717) is 22.9 Å². The van der Waals surface area contributed by atoms with E-state index in [1.165, 1.54) is 11.0 Å². The molecule has 1 heterocycles. The SMILES string of the molecule is O=C1[C@H]2CC=CC[C@@H]2C(=O)N1Cc1ccc(Br)cc1F. The molecule has 2 atom stereocenters. The van der Waals surface area contributed by atoms with E-state index in [4.69, 9.17) is 0 Å². The molecule has 1 aromatic carbocycles. The first-order chi connectivity index (χ1) is 9.58. The van der Waals surface area contributed by atoms with Crippen molar-refractivity contribution in [2.45, 2.75) is 19.4 Å². The average Bonchev–Trinajstić information content (AvgIpc) is 2.67. The highest BCUT2D eigenvalue weighted by Gasteiger charge is 2.47. The summed E-state index contributed by atoms with van der Waals surface area (Å²) in [7, 11) is 0. The number of imide groups is 1. The highest BCUT2D eigenvalue weighted by molar-refractivity contribution is 9.10. The number of hydrogen-bond acceptors (Lipinski definition) is 2. The number of hydrogen-bond donors (Lipinski definition) is 0. The number of fused-ring (bicyclic) bond motifs is 1. The molecule has 0 unspecified atom stereocenters. The average molecular weight is 338 g/mol. The number of benzene rings is 1. The minimum atomic E-state index is -0.409. The van der Waals surface area contributed by atoms with Crippen LogP contribution in [0.3, 0.4) is 0 Å². The number of carbonyl (C=O) groups excluding carboxylic acids is 2. The van der Waals surface area contributed by atoms with Crippen LogP contribution in [0.5, 0.6) is 0 Å². The topological polar surface area (TPSA) is 37.4 Å². The molecule has 0 saturated carbocycles. The number of rotatable bonds is 2. The quantitative estimate of drug-likeness (QED) is 0.614. The Morgan fingerprint density at radius 1 is 1.15 bits per heavy atom. The van der Waals surface area contributed by atoms with Crippen LogP contribution >= 0.6 is 15.9 Å². The predicted molar refractivity (Wildman–Crippen MR) is 75.0 cm³/mol. The van der Waals surface area contributed by atoms with Crippen LogP contribution in [-0.2, 0) is 16.1 Å². The largest absolute Gasteiger partial charge is 0.277 e. The monoisotopic (exact) mass is 337 g/mol. The number of carbonyl (C=O) groups is 2. The molecule has 3 rings (SSSR count). The molecule has 0 aromatic heterocycles. The third-order valence-electron chi connectivity index (χ3n) is 3.94. The Labute approximate surface area is 124 Å². The number of nitrogens with zero attached hydrogens (tertiary/aromatic N) is 1. The molecule has 1 aliphatic carbocycles. The second-order valence-electron chi connectivity index (χ2n) is 5.15. The highest BCUT2D eigenvalue weighted by Crippen LogP contribution is 2.36. The molecule has 3 nitrogen and oxygen atoms in total. The second kappa shape index (κ2) is 5.13. The van der Waals surface area contributed by atoms with Gasteiger partial charge in [0.25, 0.3) is 0 Å². The van der Waals surface area contributed by atoms with Gasteiger partial charge in [-0.3, -0.25) is 14.5 Å². The molecule has 20 heavy (non-hydrogen) atoms. The maximum Gasteiger partial charge on any atom is 0.233 e. The van der Waals surface area contributed by atoms with Crippen molar-refractivity contribution >= 4 is 27.7 Å². The summed E-state index contributed by atoms with van der Waals surface area (Å²) in [5.41, 5.74) is 0.363. The molecule has 1 aromatic rings. The molecule has 2 amide bonds. The van der Waals surface area contributed by atoms with Gasteiger partial charge in [0.2, 0.25) is 11.8 Å². The first-order valence-corrected chi connectivity index (χ1v) is 7.31. The second-order valence-corrected chi connectivity index (χ2v) is 6.07. The lowest BCUT2D eigenvalue weighted by Gasteiger charge is -2.15. The van der Waals surface area contributed by atoms with Gasteiger partial charge in [-0.1, -0.05) is 34.1 Å². The molecule has 1 saturated heterocycles. The van der Waals surface area contributed by atoms with Crippen LogP contribution in [0, 0.1) is 17.7 Å². The van der Waals surface area contributed by atoms with E-state index in [2.05, 4.69) is 15.9 Å². The summed E-state index contributed by atoms with van der Waals surface area (Å²) < 4.78 is 14.5. The van der Waals surface area contributed by atoms with Crippen LogP contribution in [-0.4, -0.2) is 16.7 Å². The third-order valence-corrected chi connectivity index (χ3v) is 4.44. The summed E-state index contributed by atoms with van der Waals surface area (Å²) in [5, 5.41) is 0. The number of likely N-dealkylation sites (tertiary alicyclic amines) is 1. The number of halogens is 2. The maximum absolute atomic E-state index is 13.8. The zero-order chi connectivity index (χ0) is 14.3. The fourth-order valence-corrected chi connectivity index (χ4v) is 3.18. The summed E-state index contributed by atoms with van der Waals surface area (Å²) >= 11 is 3.19. The number of amides is 2. The molecule has 0 radical (unpaired) electrons. The van der Waals surface area contributed by atoms with Crippen molar-refractivity contribution in [1.82, 2.24) is 4.90 Å². The molecule has 1 aliphatic heterocycles. The van der Waals surface area contributed by atoms with Crippen molar-refractivity contribution in [2.75, 3.05) is 0 Å².